The number of aromatic nitrogens is 2. The number of pyridine rings is 1. The highest BCUT2D eigenvalue weighted by atomic mass is 35.5. The second-order valence-corrected chi connectivity index (χ2v) is 13.8. The minimum Gasteiger partial charge on any atom is -0.493 e. The van der Waals surface area contributed by atoms with Gasteiger partial charge in [0.2, 0.25) is 11.8 Å². The fourth-order valence-corrected chi connectivity index (χ4v) is 7.57. The van der Waals surface area contributed by atoms with E-state index in [4.69, 9.17) is 27.9 Å². The molecule has 3 aromatic carbocycles. The molecule has 4 heterocycles. The average molecular weight is 744 g/mol. The number of rotatable bonds is 12. The number of amides is 2. The first-order valence-electron chi connectivity index (χ1n) is 17.2. The van der Waals surface area contributed by atoms with Crippen LogP contribution in [0, 0.1) is 5.82 Å². The molecule has 52 heavy (non-hydrogen) atoms. The van der Waals surface area contributed by atoms with Crippen LogP contribution < -0.4 is 31.6 Å². The first-order chi connectivity index (χ1) is 25.2. The zero-order chi connectivity index (χ0) is 36.4. The number of halogens is 3. The van der Waals surface area contributed by atoms with Gasteiger partial charge in [-0.1, -0.05) is 71.7 Å². The second-order valence-electron chi connectivity index (χ2n) is 13.1. The van der Waals surface area contributed by atoms with Crippen molar-refractivity contribution in [3.8, 4) is 39.1 Å². The van der Waals surface area contributed by atoms with Gasteiger partial charge in [0.05, 0.1) is 17.2 Å². The Kier molecular flexibility index (Phi) is 10.6. The summed E-state index contributed by atoms with van der Waals surface area (Å²) < 4.78 is 23.1. The third-order valence-electron chi connectivity index (χ3n) is 9.63. The van der Waals surface area contributed by atoms with Crippen LogP contribution in [0.2, 0.25) is 10.0 Å². The van der Waals surface area contributed by atoms with Crippen molar-refractivity contribution in [2.45, 2.75) is 50.9 Å². The van der Waals surface area contributed by atoms with Crippen LogP contribution in [-0.4, -0.2) is 53.5 Å². The van der Waals surface area contributed by atoms with E-state index in [9.17, 15) is 14.4 Å². The van der Waals surface area contributed by atoms with Gasteiger partial charge in [0.15, 0.2) is 11.6 Å². The van der Waals surface area contributed by atoms with E-state index in [0.717, 1.165) is 18.4 Å². The molecule has 2 fully saturated rings. The van der Waals surface area contributed by atoms with Gasteiger partial charge >= 0.3 is 0 Å². The van der Waals surface area contributed by atoms with Gasteiger partial charge in [-0.15, -0.1) is 0 Å². The molecule has 0 saturated carbocycles. The number of ether oxygens (including phenoxy) is 1. The molecule has 0 unspecified atom stereocenters. The van der Waals surface area contributed by atoms with Crippen molar-refractivity contribution >= 4 is 40.7 Å². The van der Waals surface area contributed by atoms with Gasteiger partial charge < -0.3 is 26.0 Å². The summed E-state index contributed by atoms with van der Waals surface area (Å²) in [4.78, 5) is 40.8. The molecule has 2 aliphatic heterocycles. The Morgan fingerprint density at radius 3 is 1.98 bits per heavy atom. The molecule has 0 aliphatic carbocycles. The molecule has 7 rings (SSSR count). The van der Waals surface area contributed by atoms with Gasteiger partial charge in [-0.25, -0.2) is 9.37 Å². The molecule has 13 heteroatoms. The van der Waals surface area contributed by atoms with E-state index >= 15 is 4.39 Å². The summed E-state index contributed by atoms with van der Waals surface area (Å²) in [5.41, 5.74) is 4.95. The summed E-state index contributed by atoms with van der Waals surface area (Å²) in [5, 5.41) is 13.1. The van der Waals surface area contributed by atoms with E-state index < -0.39 is 5.82 Å². The molecule has 2 aliphatic rings. The number of fused-ring (bicyclic) bond motifs is 1. The Morgan fingerprint density at radius 2 is 1.38 bits per heavy atom. The standard InChI is InChI=1S/C39H37Cl2FN6O4/c1-52-38-23(17-43-20-25-9-12-33(49)46-25)8-11-31(37(38)42)30-7-3-6-29(36(30)41)28-5-2-4-27(35(28)40)22-14-15-48-32(16-22)45-19-24(39(48)51)18-44-21-26-10-13-34(50)47-26/h2-8,11,14-16,19,25-26,43-44H,9-10,12-13,17-18,20-21H2,1H3,(H,46,49)(H,47,50)/t25-,26+/m0/s1. The normalized spacial score (nSPS) is 17.1. The van der Waals surface area contributed by atoms with Crippen LogP contribution in [0.1, 0.15) is 36.8 Å². The number of hydrogen-bond acceptors (Lipinski definition) is 7. The molecule has 0 spiro atoms. The Morgan fingerprint density at radius 1 is 0.808 bits per heavy atom. The molecule has 4 N–H and O–H groups in total. The Hall–Kier alpha value is -4.81. The molecule has 2 aromatic heterocycles. The van der Waals surface area contributed by atoms with E-state index in [2.05, 4.69) is 26.3 Å². The van der Waals surface area contributed by atoms with Crippen molar-refractivity contribution in [3.63, 3.8) is 0 Å². The van der Waals surface area contributed by atoms with Crippen molar-refractivity contribution in [1.82, 2.24) is 30.7 Å². The number of benzene rings is 3. The van der Waals surface area contributed by atoms with E-state index in [1.165, 1.54) is 11.5 Å². The molecule has 2 saturated heterocycles. The highest BCUT2D eigenvalue weighted by molar-refractivity contribution is 6.39. The van der Waals surface area contributed by atoms with Crippen LogP contribution in [0.25, 0.3) is 39.0 Å². The number of nitrogens with zero attached hydrogens (tertiary/aromatic N) is 2. The van der Waals surface area contributed by atoms with E-state index in [1.807, 2.05) is 36.4 Å². The predicted octanol–water partition coefficient (Wildman–Crippen LogP) is 5.89. The SMILES string of the molecule is COc1c(CNC[C@@H]2CCC(=O)N2)ccc(-c2cccc(-c3cccc(-c4ccn5c(=O)c(CNC[C@H]6CCC(=O)N6)cnc5c4)c3Cl)c2Cl)c1F. The third-order valence-corrected chi connectivity index (χ3v) is 10.4. The molecular formula is C39H37Cl2FN6O4. The smallest absolute Gasteiger partial charge is 0.262 e. The number of carbonyl (C=O) groups excluding carboxylic acids is 2. The Bertz CT molecular complexity index is 2250. The van der Waals surface area contributed by atoms with Crippen LogP contribution in [-0.2, 0) is 22.7 Å². The van der Waals surface area contributed by atoms with Gasteiger partial charge in [0.25, 0.3) is 5.56 Å². The third kappa shape index (κ3) is 7.27. The summed E-state index contributed by atoms with van der Waals surface area (Å²) in [7, 11) is 1.43. The number of methoxy groups -OCH3 is 1. The lowest BCUT2D eigenvalue weighted by Gasteiger charge is -2.17. The highest BCUT2D eigenvalue weighted by Gasteiger charge is 2.23. The Balaban J connectivity index is 1.12. The minimum atomic E-state index is -0.532. The minimum absolute atomic E-state index is 0.0450. The molecule has 5 aromatic rings. The lowest BCUT2D eigenvalue weighted by atomic mass is 9.95. The predicted molar refractivity (Wildman–Crippen MR) is 200 cm³/mol. The van der Waals surface area contributed by atoms with Crippen LogP contribution in [0.15, 0.2) is 77.9 Å². The lowest BCUT2D eigenvalue weighted by Crippen LogP contribution is -2.36. The number of carbonyl (C=O) groups is 2. The summed E-state index contributed by atoms with van der Waals surface area (Å²) in [5.74, 6) is -0.319. The molecule has 2 atom stereocenters. The quantitative estimate of drug-likeness (QED) is 0.126. The van der Waals surface area contributed by atoms with Gasteiger partial charge in [0, 0.05) is 102 Å². The van der Waals surface area contributed by atoms with Gasteiger partial charge in [-0.05, 0) is 30.5 Å². The zero-order valence-corrected chi connectivity index (χ0v) is 29.9. The summed E-state index contributed by atoms with van der Waals surface area (Å²) in [6.07, 6.45) is 5.83. The van der Waals surface area contributed by atoms with Crippen molar-refractivity contribution < 1.29 is 18.7 Å². The van der Waals surface area contributed by atoms with Gasteiger partial charge in [0.1, 0.15) is 5.65 Å². The van der Waals surface area contributed by atoms with Crippen molar-refractivity contribution in [3.05, 3.63) is 110 Å². The molecule has 0 radical (unpaired) electrons. The van der Waals surface area contributed by atoms with Crippen LogP contribution in [0.4, 0.5) is 4.39 Å². The average Bonchev–Trinajstić information content (AvgIpc) is 3.76. The van der Waals surface area contributed by atoms with Crippen LogP contribution in [0.5, 0.6) is 5.75 Å². The highest BCUT2D eigenvalue weighted by Crippen LogP contribution is 2.44. The topological polar surface area (TPSA) is 126 Å². The van der Waals surface area contributed by atoms with Crippen LogP contribution in [0.3, 0.4) is 0 Å². The molecule has 268 valence electrons. The van der Waals surface area contributed by atoms with Crippen molar-refractivity contribution in [2.75, 3.05) is 20.2 Å². The van der Waals surface area contributed by atoms with Gasteiger partial charge in [-0.3, -0.25) is 18.8 Å². The van der Waals surface area contributed by atoms with Crippen LogP contribution >= 0.6 is 23.2 Å². The second kappa shape index (κ2) is 15.4. The summed E-state index contributed by atoms with van der Waals surface area (Å²) in [6.45, 7) is 1.84. The fourth-order valence-electron chi connectivity index (χ4n) is 6.90. The Labute approximate surface area is 309 Å². The maximum atomic E-state index is 16.1. The fraction of sp³-hybridized carbons (Fsp3) is 0.282. The molecule has 2 amide bonds. The van der Waals surface area contributed by atoms with E-state index in [1.54, 1.807) is 36.7 Å². The van der Waals surface area contributed by atoms with Gasteiger partial charge in [-0.2, -0.15) is 0 Å². The maximum absolute atomic E-state index is 16.1. The summed E-state index contributed by atoms with van der Waals surface area (Å²) in [6, 6.07) is 18.2. The van der Waals surface area contributed by atoms with Crippen molar-refractivity contribution in [1.29, 1.82) is 0 Å². The maximum Gasteiger partial charge on any atom is 0.262 e. The largest absolute Gasteiger partial charge is 0.493 e. The molecule has 0 bridgehead atoms. The molecular weight excluding hydrogens is 706 g/mol. The zero-order valence-electron chi connectivity index (χ0n) is 28.4. The first kappa shape index (κ1) is 35.6. The van der Waals surface area contributed by atoms with Crippen molar-refractivity contribution in [2.24, 2.45) is 0 Å². The summed E-state index contributed by atoms with van der Waals surface area (Å²) >= 11 is 14.1. The van der Waals surface area contributed by atoms with E-state index in [0.29, 0.717) is 88.1 Å². The first-order valence-corrected chi connectivity index (χ1v) is 17.9. The molecule has 10 nitrogen and oxygen atoms in total. The number of hydrogen-bond donors (Lipinski definition) is 4. The monoisotopic (exact) mass is 742 g/mol. The lowest BCUT2D eigenvalue weighted by molar-refractivity contribution is -0.120. The number of nitrogens with one attached hydrogen (secondary N) is 4. The van der Waals surface area contributed by atoms with E-state index in [-0.39, 0.29) is 40.8 Å².